The highest BCUT2D eigenvalue weighted by molar-refractivity contribution is 6.45. The van der Waals surface area contributed by atoms with Crippen LogP contribution in [0.3, 0.4) is 0 Å². The quantitative estimate of drug-likeness (QED) is 0.546. The lowest BCUT2D eigenvalue weighted by molar-refractivity contribution is -0.120. The van der Waals surface area contributed by atoms with Crippen molar-refractivity contribution >= 4 is 23.1 Å². The number of carbonyl (C=O) groups is 2. The van der Waals surface area contributed by atoms with E-state index >= 15 is 0 Å². The molecular formula is C26H20FN3O2. The summed E-state index contributed by atoms with van der Waals surface area (Å²) in [5.41, 5.74) is 2.79. The fraction of sp³-hybridized carbons (Fsp3) is 0.115. The molecule has 0 aliphatic carbocycles. The maximum atomic E-state index is 13.6. The summed E-state index contributed by atoms with van der Waals surface area (Å²) in [5.74, 6) is -1.35. The molecule has 0 unspecified atom stereocenters. The van der Waals surface area contributed by atoms with Crippen LogP contribution in [0.15, 0.2) is 84.6 Å². The zero-order chi connectivity index (χ0) is 22.7. The van der Waals surface area contributed by atoms with Crippen molar-refractivity contribution in [1.29, 1.82) is 5.26 Å². The van der Waals surface area contributed by atoms with E-state index in [1.165, 1.54) is 24.3 Å². The number of imide groups is 1. The van der Waals surface area contributed by atoms with Crippen LogP contribution in [-0.2, 0) is 16.1 Å². The SMILES string of the molecule is CCN(Cc1ccccc1)C1=C(c2ccc(F)cc2)C(=O)N(c2ccc(C#N)cc2)C1=O. The molecular weight excluding hydrogens is 405 g/mol. The molecule has 0 atom stereocenters. The Morgan fingerprint density at radius 3 is 2.16 bits per heavy atom. The average molecular weight is 425 g/mol. The summed E-state index contributed by atoms with van der Waals surface area (Å²) in [6.45, 7) is 2.85. The second kappa shape index (κ2) is 8.86. The van der Waals surface area contributed by atoms with Crippen LogP contribution >= 0.6 is 0 Å². The van der Waals surface area contributed by atoms with Gasteiger partial charge in [0.2, 0.25) is 0 Å². The van der Waals surface area contributed by atoms with Gasteiger partial charge in [-0.3, -0.25) is 9.59 Å². The number of rotatable bonds is 6. The fourth-order valence-electron chi connectivity index (χ4n) is 3.76. The van der Waals surface area contributed by atoms with E-state index in [1.807, 2.05) is 48.2 Å². The number of nitrogens with zero attached hydrogens (tertiary/aromatic N) is 3. The minimum atomic E-state index is -0.479. The van der Waals surface area contributed by atoms with Crippen LogP contribution in [0.2, 0.25) is 0 Å². The predicted octanol–water partition coefficient (Wildman–Crippen LogP) is 4.50. The first kappa shape index (κ1) is 21.0. The molecule has 0 fully saturated rings. The molecule has 32 heavy (non-hydrogen) atoms. The topological polar surface area (TPSA) is 64.4 Å². The van der Waals surface area contributed by atoms with Crippen molar-refractivity contribution in [3.8, 4) is 6.07 Å². The van der Waals surface area contributed by atoms with Crippen LogP contribution in [0.5, 0.6) is 0 Å². The standard InChI is InChI=1S/C26H20FN3O2/c1-2-29(17-19-6-4-3-5-7-19)24-23(20-10-12-21(27)13-11-20)25(31)30(26(24)32)22-14-8-18(16-28)9-15-22/h3-15H,2,17H2,1H3. The van der Waals surface area contributed by atoms with Crippen LogP contribution in [0.1, 0.15) is 23.6 Å². The molecule has 0 aromatic heterocycles. The minimum Gasteiger partial charge on any atom is -0.362 e. The second-order valence-corrected chi connectivity index (χ2v) is 7.33. The van der Waals surface area contributed by atoms with Gasteiger partial charge in [0.05, 0.1) is 22.9 Å². The summed E-state index contributed by atoms with van der Waals surface area (Å²) in [7, 11) is 0. The van der Waals surface area contributed by atoms with E-state index in [1.54, 1.807) is 24.3 Å². The molecule has 158 valence electrons. The number of likely N-dealkylation sites (N-methyl/N-ethyl adjacent to an activating group) is 1. The first-order valence-corrected chi connectivity index (χ1v) is 10.2. The highest BCUT2D eigenvalue weighted by atomic mass is 19.1. The molecule has 1 aliphatic rings. The molecule has 0 N–H and O–H groups in total. The molecule has 2 amide bonds. The summed E-state index contributed by atoms with van der Waals surface area (Å²) in [5, 5.41) is 9.05. The second-order valence-electron chi connectivity index (χ2n) is 7.33. The molecule has 3 aromatic rings. The third-order valence-corrected chi connectivity index (χ3v) is 5.36. The average Bonchev–Trinajstić information content (AvgIpc) is 3.08. The van der Waals surface area contributed by atoms with Gasteiger partial charge in [-0.05, 0) is 54.4 Å². The number of halogens is 1. The molecule has 0 spiro atoms. The van der Waals surface area contributed by atoms with Crippen molar-refractivity contribution < 1.29 is 14.0 Å². The summed E-state index contributed by atoms with van der Waals surface area (Å²) < 4.78 is 13.6. The van der Waals surface area contributed by atoms with Crippen molar-refractivity contribution in [3.63, 3.8) is 0 Å². The van der Waals surface area contributed by atoms with Gasteiger partial charge in [-0.15, -0.1) is 0 Å². The van der Waals surface area contributed by atoms with Crippen LogP contribution in [0.4, 0.5) is 10.1 Å². The molecule has 3 aromatic carbocycles. The lowest BCUT2D eigenvalue weighted by atomic mass is 10.0. The van der Waals surface area contributed by atoms with Gasteiger partial charge in [0.15, 0.2) is 0 Å². The fourth-order valence-corrected chi connectivity index (χ4v) is 3.76. The molecule has 1 aliphatic heterocycles. The summed E-state index contributed by atoms with van der Waals surface area (Å²) in [4.78, 5) is 30.1. The third kappa shape index (κ3) is 3.88. The Morgan fingerprint density at radius 1 is 0.906 bits per heavy atom. The number of amides is 2. The smallest absolute Gasteiger partial charge is 0.282 e. The Morgan fingerprint density at radius 2 is 1.56 bits per heavy atom. The van der Waals surface area contributed by atoms with E-state index in [0.717, 1.165) is 10.5 Å². The van der Waals surface area contributed by atoms with E-state index in [2.05, 4.69) is 0 Å². The van der Waals surface area contributed by atoms with Gasteiger partial charge in [-0.2, -0.15) is 5.26 Å². The molecule has 0 radical (unpaired) electrons. The summed E-state index contributed by atoms with van der Waals surface area (Å²) in [6.07, 6.45) is 0. The van der Waals surface area contributed by atoms with E-state index in [4.69, 9.17) is 5.26 Å². The molecule has 0 saturated carbocycles. The Bertz CT molecular complexity index is 1230. The first-order chi connectivity index (χ1) is 15.5. The molecule has 4 rings (SSSR count). The third-order valence-electron chi connectivity index (χ3n) is 5.36. The summed E-state index contributed by atoms with van der Waals surface area (Å²) >= 11 is 0. The van der Waals surface area contributed by atoms with Crippen molar-refractivity contribution in [2.45, 2.75) is 13.5 Å². The maximum absolute atomic E-state index is 13.6. The van der Waals surface area contributed by atoms with E-state index in [9.17, 15) is 14.0 Å². The Hall–Kier alpha value is -4.24. The van der Waals surface area contributed by atoms with Crippen LogP contribution in [0, 0.1) is 17.1 Å². The van der Waals surface area contributed by atoms with Crippen LogP contribution < -0.4 is 4.90 Å². The normalized spacial score (nSPS) is 13.5. The number of hydrogen-bond donors (Lipinski definition) is 0. The Balaban J connectivity index is 1.81. The molecule has 6 heteroatoms. The number of anilines is 1. The Kier molecular flexibility index (Phi) is 5.82. The van der Waals surface area contributed by atoms with Crippen LogP contribution in [-0.4, -0.2) is 23.3 Å². The van der Waals surface area contributed by atoms with Gasteiger partial charge in [-0.25, -0.2) is 9.29 Å². The highest BCUT2D eigenvalue weighted by Gasteiger charge is 2.42. The molecule has 5 nitrogen and oxygen atoms in total. The van der Waals surface area contributed by atoms with Gasteiger partial charge in [0.25, 0.3) is 11.8 Å². The Labute approximate surface area is 185 Å². The lowest BCUT2D eigenvalue weighted by Gasteiger charge is -2.25. The lowest BCUT2D eigenvalue weighted by Crippen LogP contribution is -2.35. The van der Waals surface area contributed by atoms with Gasteiger partial charge in [0, 0.05) is 13.1 Å². The number of benzene rings is 3. The van der Waals surface area contributed by atoms with Crippen molar-refractivity contribution in [1.82, 2.24) is 4.90 Å². The molecule has 0 saturated heterocycles. The van der Waals surface area contributed by atoms with Crippen molar-refractivity contribution in [2.24, 2.45) is 0 Å². The monoisotopic (exact) mass is 425 g/mol. The largest absolute Gasteiger partial charge is 0.362 e. The number of nitriles is 1. The van der Waals surface area contributed by atoms with Crippen LogP contribution in [0.25, 0.3) is 5.57 Å². The van der Waals surface area contributed by atoms with Gasteiger partial charge >= 0.3 is 0 Å². The van der Waals surface area contributed by atoms with E-state index in [0.29, 0.717) is 29.9 Å². The van der Waals surface area contributed by atoms with Gasteiger partial charge in [0.1, 0.15) is 11.5 Å². The van der Waals surface area contributed by atoms with Crippen molar-refractivity contribution in [2.75, 3.05) is 11.4 Å². The summed E-state index contributed by atoms with van der Waals surface area (Å²) in [6, 6.07) is 23.5. The first-order valence-electron chi connectivity index (χ1n) is 10.2. The highest BCUT2D eigenvalue weighted by Crippen LogP contribution is 2.35. The maximum Gasteiger partial charge on any atom is 0.282 e. The van der Waals surface area contributed by atoms with E-state index in [-0.39, 0.29) is 11.3 Å². The predicted molar refractivity (Wildman–Crippen MR) is 119 cm³/mol. The van der Waals surface area contributed by atoms with E-state index < -0.39 is 17.6 Å². The van der Waals surface area contributed by atoms with Crippen molar-refractivity contribution in [3.05, 3.63) is 107 Å². The minimum absolute atomic E-state index is 0.233. The zero-order valence-electron chi connectivity index (χ0n) is 17.5. The number of hydrogen-bond acceptors (Lipinski definition) is 4. The van der Waals surface area contributed by atoms with Gasteiger partial charge < -0.3 is 4.90 Å². The zero-order valence-corrected chi connectivity index (χ0v) is 17.5. The van der Waals surface area contributed by atoms with Gasteiger partial charge in [-0.1, -0.05) is 42.5 Å². The molecule has 0 bridgehead atoms. The molecule has 1 heterocycles. The number of carbonyl (C=O) groups excluding carboxylic acids is 2.